The predicted molar refractivity (Wildman–Crippen MR) is 53.8 cm³/mol. The minimum absolute atomic E-state index is 0. The number of nitrogens with zero attached hydrogens (tertiary/aromatic N) is 10. The van der Waals surface area contributed by atoms with E-state index in [0.717, 1.165) is 0 Å². The van der Waals surface area contributed by atoms with Crippen LogP contribution in [0.3, 0.4) is 0 Å². The Morgan fingerprint density at radius 3 is 2.00 bits per heavy atom. The van der Waals surface area contributed by atoms with Crippen molar-refractivity contribution in [1.29, 1.82) is 0 Å². The van der Waals surface area contributed by atoms with Gasteiger partial charge in [-0.05, 0) is 21.3 Å². The van der Waals surface area contributed by atoms with E-state index in [2.05, 4.69) is 35.0 Å². The number of aromatic nitrogens is 3. The number of nitrogens with one attached hydrogen (secondary N) is 1. The van der Waals surface area contributed by atoms with Crippen LogP contribution in [0, 0.1) is 10.1 Å². The summed E-state index contributed by atoms with van der Waals surface area (Å²) in [6.07, 6.45) is 0. The van der Waals surface area contributed by atoms with Crippen molar-refractivity contribution in [3.63, 3.8) is 0 Å². The standard InChI is InChI=1S/C3HN11O2.Na/c4-12-9-1-6-2(10-13-5)8-3(7-1)11-14(15)16;/h(H,6,7,8,11);. The van der Waals surface area contributed by atoms with E-state index in [9.17, 15) is 10.1 Å². The zero-order valence-electron chi connectivity index (χ0n) is 8.29. The van der Waals surface area contributed by atoms with E-state index < -0.39 is 22.9 Å². The van der Waals surface area contributed by atoms with Gasteiger partial charge in [0.15, 0.2) is 5.03 Å². The quantitative estimate of drug-likeness (QED) is 0.205. The molecule has 0 saturated carbocycles. The SMILES string of the molecule is [N-]=[N+]=Nc1nc(N=[N+]=[N-])nc(N[N+](=O)[O-])n1.[Na]. The fraction of sp³-hybridized carbons (Fsp3) is 0. The Kier molecular flexibility index (Phi) is 6.25. The molecule has 0 aliphatic carbocycles. The largest absolute Gasteiger partial charge is 0.288 e. The first kappa shape index (κ1) is 14.8. The molecule has 1 rings (SSSR count). The van der Waals surface area contributed by atoms with Crippen LogP contribution < -0.4 is 5.43 Å². The van der Waals surface area contributed by atoms with Crippen LogP contribution in [0.15, 0.2) is 10.2 Å². The molecule has 0 atom stereocenters. The second-order valence-corrected chi connectivity index (χ2v) is 2.01. The third-order valence-corrected chi connectivity index (χ3v) is 1.07. The Morgan fingerprint density at radius 1 is 1.18 bits per heavy atom. The fourth-order valence-corrected chi connectivity index (χ4v) is 0.655. The molecule has 0 amide bonds. The molecular weight excluding hydrogens is 245 g/mol. The molecule has 1 N–H and O–H groups in total. The first-order valence-corrected chi connectivity index (χ1v) is 3.43. The number of hydrogen-bond donors (Lipinski definition) is 1. The molecule has 0 aromatic carbocycles. The maximum atomic E-state index is 10.1. The minimum Gasteiger partial charge on any atom is -0.234 e. The Balaban J connectivity index is 0.00000256. The van der Waals surface area contributed by atoms with Gasteiger partial charge in [0.05, 0.1) is 0 Å². The molecule has 0 aliphatic heterocycles. The van der Waals surface area contributed by atoms with Crippen molar-refractivity contribution in [2.24, 2.45) is 10.2 Å². The number of rotatable bonds is 4. The summed E-state index contributed by atoms with van der Waals surface area (Å²) in [6, 6.07) is 0. The number of azide groups is 2. The molecule has 14 heteroatoms. The van der Waals surface area contributed by atoms with Gasteiger partial charge in [-0.1, -0.05) is 5.43 Å². The van der Waals surface area contributed by atoms with E-state index in [0.29, 0.717) is 0 Å². The van der Waals surface area contributed by atoms with Gasteiger partial charge in [0, 0.05) is 39.4 Å². The van der Waals surface area contributed by atoms with Crippen LogP contribution in [0.1, 0.15) is 0 Å². The van der Waals surface area contributed by atoms with E-state index in [1.165, 1.54) is 0 Å². The summed E-state index contributed by atoms with van der Waals surface area (Å²) in [5, 5.41) is 15.1. The van der Waals surface area contributed by atoms with Gasteiger partial charge in [-0.15, -0.1) is 0 Å². The summed E-state index contributed by atoms with van der Waals surface area (Å²) < 4.78 is 0. The monoisotopic (exact) mass is 246 g/mol. The third-order valence-electron chi connectivity index (χ3n) is 1.07. The van der Waals surface area contributed by atoms with Crippen LogP contribution in [-0.4, -0.2) is 49.5 Å². The van der Waals surface area contributed by atoms with Gasteiger partial charge < -0.3 is 0 Å². The van der Waals surface area contributed by atoms with Crippen molar-refractivity contribution < 1.29 is 5.03 Å². The van der Waals surface area contributed by atoms with E-state index in [-0.39, 0.29) is 29.6 Å². The van der Waals surface area contributed by atoms with Crippen LogP contribution in [0.4, 0.5) is 17.8 Å². The normalized spacial score (nSPS) is 8.00. The Hall–Kier alpha value is -2.17. The van der Waals surface area contributed by atoms with Crippen LogP contribution in [0.2, 0.25) is 0 Å². The first-order valence-electron chi connectivity index (χ1n) is 3.43. The molecule has 0 aliphatic rings. The number of hydrazine groups is 1. The molecular formula is C3HN11NaO2. The number of hydrogen-bond acceptors (Lipinski definition) is 7. The summed E-state index contributed by atoms with van der Waals surface area (Å²) >= 11 is 0. The molecule has 0 spiro atoms. The average molecular weight is 246 g/mol. The van der Waals surface area contributed by atoms with Crippen LogP contribution >= 0.6 is 0 Å². The van der Waals surface area contributed by atoms with Gasteiger partial charge in [0.1, 0.15) is 0 Å². The van der Waals surface area contributed by atoms with Gasteiger partial charge >= 0.3 is 0 Å². The molecule has 1 aromatic heterocycles. The van der Waals surface area contributed by atoms with Crippen molar-refractivity contribution in [3.05, 3.63) is 31.0 Å². The van der Waals surface area contributed by atoms with E-state index in [1.54, 1.807) is 5.43 Å². The van der Waals surface area contributed by atoms with Crippen molar-refractivity contribution in [2.75, 3.05) is 5.43 Å². The van der Waals surface area contributed by atoms with Crippen LogP contribution in [-0.2, 0) is 0 Å². The summed E-state index contributed by atoms with van der Waals surface area (Å²) in [7, 11) is 0. The van der Waals surface area contributed by atoms with Crippen molar-refractivity contribution in [3.8, 4) is 0 Å². The molecule has 1 aromatic rings. The average Bonchev–Trinajstić information content (AvgIpc) is 2.17. The first-order chi connectivity index (χ1) is 7.65. The molecule has 0 unspecified atom stereocenters. The Morgan fingerprint density at radius 2 is 1.65 bits per heavy atom. The predicted octanol–water partition coefficient (Wildman–Crippen LogP) is 0.978. The summed E-state index contributed by atoms with van der Waals surface area (Å²) in [5.41, 5.74) is 17.8. The van der Waals surface area contributed by atoms with Crippen LogP contribution in [0.5, 0.6) is 0 Å². The molecule has 81 valence electrons. The second kappa shape index (κ2) is 7.16. The maximum Gasteiger partial charge on any atom is 0.288 e. The third kappa shape index (κ3) is 4.92. The summed E-state index contributed by atoms with van der Waals surface area (Å²) in [5.74, 6) is -1.42. The van der Waals surface area contributed by atoms with E-state index >= 15 is 0 Å². The van der Waals surface area contributed by atoms with Crippen molar-refractivity contribution in [1.82, 2.24) is 15.0 Å². The van der Waals surface area contributed by atoms with Gasteiger partial charge in [0.2, 0.25) is 11.9 Å². The molecule has 1 radical (unpaired) electrons. The Labute approximate surface area is 114 Å². The van der Waals surface area contributed by atoms with Gasteiger partial charge in [-0.2, -0.15) is 9.97 Å². The maximum absolute atomic E-state index is 10.1. The molecule has 1 heterocycles. The number of nitro groups is 1. The van der Waals surface area contributed by atoms with E-state index in [1.807, 2.05) is 0 Å². The van der Waals surface area contributed by atoms with Crippen LogP contribution in [0.25, 0.3) is 20.9 Å². The molecule has 17 heavy (non-hydrogen) atoms. The Bertz CT molecular complexity index is 479. The number of anilines is 1. The summed E-state index contributed by atoms with van der Waals surface area (Å²) in [4.78, 5) is 25.0. The van der Waals surface area contributed by atoms with Crippen molar-refractivity contribution >= 4 is 47.4 Å². The van der Waals surface area contributed by atoms with Gasteiger partial charge in [-0.25, -0.2) is 15.1 Å². The molecule has 0 bridgehead atoms. The zero-order chi connectivity index (χ0) is 12.0. The van der Waals surface area contributed by atoms with Crippen molar-refractivity contribution in [2.45, 2.75) is 0 Å². The summed E-state index contributed by atoms with van der Waals surface area (Å²) in [6.45, 7) is 0. The topological polar surface area (TPSA) is 191 Å². The second-order valence-electron chi connectivity index (χ2n) is 2.01. The fourth-order valence-electron chi connectivity index (χ4n) is 0.655. The van der Waals surface area contributed by atoms with Gasteiger partial charge in [0.25, 0.3) is 5.95 Å². The molecule has 0 fully saturated rings. The van der Waals surface area contributed by atoms with E-state index in [4.69, 9.17) is 11.1 Å². The molecule has 0 saturated heterocycles. The minimum atomic E-state index is -0.935. The zero-order valence-corrected chi connectivity index (χ0v) is 10.3. The van der Waals surface area contributed by atoms with Gasteiger partial charge in [-0.3, -0.25) is 0 Å². The molecule has 13 nitrogen and oxygen atoms in total. The smallest absolute Gasteiger partial charge is 0.234 e.